The maximum Gasteiger partial charge on any atom is 0.449 e. The molecular weight excluding hydrogens is 355 g/mol. The van der Waals surface area contributed by atoms with Crippen LogP contribution in [0.3, 0.4) is 0 Å². The number of benzene rings is 2. The van der Waals surface area contributed by atoms with E-state index in [1.54, 1.807) is 36.4 Å². The zero-order chi connectivity index (χ0) is 18.0. The van der Waals surface area contributed by atoms with E-state index in [9.17, 15) is 18.0 Å². The minimum Gasteiger partial charge on any atom is -0.350 e. The molecule has 25 heavy (non-hydrogen) atoms. The van der Waals surface area contributed by atoms with Gasteiger partial charge in [0.05, 0.1) is 11.0 Å². The van der Waals surface area contributed by atoms with Gasteiger partial charge in [-0.05, 0) is 23.8 Å². The number of halogens is 4. The fourth-order valence-electron chi connectivity index (χ4n) is 2.49. The maximum absolute atomic E-state index is 13.2. The van der Waals surface area contributed by atoms with Crippen molar-refractivity contribution < 1.29 is 18.0 Å². The summed E-state index contributed by atoms with van der Waals surface area (Å²) in [6.45, 7) is -0.355. The second-order valence-corrected chi connectivity index (χ2v) is 5.78. The predicted octanol–water partition coefficient (Wildman–Crippen LogP) is 4.02. The first kappa shape index (κ1) is 17.3. The topological polar surface area (TPSA) is 46.9 Å². The van der Waals surface area contributed by atoms with E-state index in [2.05, 4.69) is 10.3 Å². The van der Waals surface area contributed by atoms with Crippen molar-refractivity contribution in [3.63, 3.8) is 0 Å². The van der Waals surface area contributed by atoms with E-state index in [1.807, 2.05) is 0 Å². The van der Waals surface area contributed by atoms with E-state index in [4.69, 9.17) is 11.6 Å². The van der Waals surface area contributed by atoms with Gasteiger partial charge in [0, 0.05) is 11.6 Å². The van der Waals surface area contributed by atoms with Crippen molar-refractivity contribution in [2.24, 2.45) is 0 Å². The molecule has 130 valence electrons. The second kappa shape index (κ2) is 6.76. The van der Waals surface area contributed by atoms with E-state index in [0.717, 1.165) is 4.57 Å². The zero-order valence-electron chi connectivity index (χ0n) is 12.8. The lowest BCUT2D eigenvalue weighted by atomic mass is 10.2. The number of imidazole rings is 1. The molecule has 3 rings (SSSR count). The fourth-order valence-corrected chi connectivity index (χ4v) is 2.69. The van der Waals surface area contributed by atoms with Gasteiger partial charge in [-0.1, -0.05) is 41.9 Å². The SMILES string of the molecule is O=C(Cn1c(C(F)(F)F)nc2ccccc21)NCc1ccccc1Cl. The second-order valence-electron chi connectivity index (χ2n) is 5.38. The number of nitrogens with zero attached hydrogens (tertiary/aromatic N) is 2. The van der Waals surface area contributed by atoms with Crippen molar-refractivity contribution >= 4 is 28.5 Å². The van der Waals surface area contributed by atoms with Crippen molar-refractivity contribution in [2.45, 2.75) is 19.3 Å². The number of para-hydroxylation sites is 2. The van der Waals surface area contributed by atoms with Crippen molar-refractivity contribution in [2.75, 3.05) is 0 Å². The Morgan fingerprint density at radius 2 is 1.80 bits per heavy atom. The predicted molar refractivity (Wildman–Crippen MR) is 88.0 cm³/mol. The molecule has 3 aromatic rings. The Hall–Kier alpha value is -2.54. The van der Waals surface area contributed by atoms with Gasteiger partial charge in [-0.15, -0.1) is 0 Å². The number of aromatic nitrogens is 2. The summed E-state index contributed by atoms with van der Waals surface area (Å²) in [5, 5.41) is 3.06. The molecule has 0 unspecified atom stereocenters. The number of amides is 1. The summed E-state index contributed by atoms with van der Waals surface area (Å²) in [7, 11) is 0. The Morgan fingerprint density at radius 3 is 2.52 bits per heavy atom. The molecule has 0 spiro atoms. The van der Waals surface area contributed by atoms with Crippen LogP contribution in [-0.2, 0) is 24.1 Å². The van der Waals surface area contributed by atoms with Crippen molar-refractivity contribution in [1.82, 2.24) is 14.9 Å². The third kappa shape index (κ3) is 3.76. The molecule has 8 heteroatoms. The molecule has 0 aliphatic rings. The first-order valence-electron chi connectivity index (χ1n) is 7.39. The van der Waals surface area contributed by atoms with Crippen LogP contribution in [-0.4, -0.2) is 15.5 Å². The van der Waals surface area contributed by atoms with Crippen LogP contribution in [0.2, 0.25) is 5.02 Å². The number of carbonyl (C=O) groups is 1. The van der Waals surface area contributed by atoms with Gasteiger partial charge in [-0.3, -0.25) is 4.79 Å². The lowest BCUT2D eigenvalue weighted by molar-refractivity contribution is -0.147. The van der Waals surface area contributed by atoms with Crippen LogP contribution >= 0.6 is 11.6 Å². The average molecular weight is 368 g/mol. The van der Waals surface area contributed by atoms with Gasteiger partial charge in [0.1, 0.15) is 6.54 Å². The number of hydrogen-bond donors (Lipinski definition) is 1. The summed E-state index contributed by atoms with van der Waals surface area (Å²) in [5.74, 6) is -1.66. The quantitative estimate of drug-likeness (QED) is 0.757. The standard InChI is InChI=1S/C17H13ClF3N3O/c18-12-6-2-1-5-11(12)9-22-15(25)10-24-14-8-4-3-7-13(14)23-16(24)17(19,20)21/h1-8H,9-10H2,(H,22,25). The van der Waals surface area contributed by atoms with Gasteiger partial charge in [0.25, 0.3) is 0 Å². The van der Waals surface area contributed by atoms with Crippen molar-refractivity contribution in [3.8, 4) is 0 Å². The molecule has 1 heterocycles. The lowest BCUT2D eigenvalue weighted by Crippen LogP contribution is -2.29. The summed E-state index contributed by atoms with van der Waals surface area (Å²) in [5.41, 5.74) is 1.13. The normalized spacial score (nSPS) is 11.7. The van der Waals surface area contributed by atoms with Crippen LogP contribution in [0.1, 0.15) is 11.4 Å². The van der Waals surface area contributed by atoms with E-state index < -0.39 is 24.5 Å². The van der Waals surface area contributed by atoms with Crippen LogP contribution in [0.25, 0.3) is 11.0 Å². The summed E-state index contributed by atoms with van der Waals surface area (Å²) in [6.07, 6.45) is -4.65. The smallest absolute Gasteiger partial charge is 0.350 e. The molecule has 1 amide bonds. The van der Waals surface area contributed by atoms with Gasteiger partial charge < -0.3 is 9.88 Å². The number of rotatable bonds is 4. The molecule has 0 aliphatic carbocycles. The molecule has 1 aromatic heterocycles. The van der Waals surface area contributed by atoms with E-state index >= 15 is 0 Å². The molecule has 0 aliphatic heterocycles. The van der Waals surface area contributed by atoms with Crippen LogP contribution in [0.5, 0.6) is 0 Å². The highest BCUT2D eigenvalue weighted by atomic mass is 35.5. The molecular formula is C17H13ClF3N3O. The lowest BCUT2D eigenvalue weighted by Gasteiger charge is -2.12. The first-order valence-corrected chi connectivity index (χ1v) is 7.76. The molecule has 0 atom stereocenters. The van der Waals surface area contributed by atoms with E-state index in [1.165, 1.54) is 12.1 Å². The van der Waals surface area contributed by atoms with Gasteiger partial charge in [-0.25, -0.2) is 4.98 Å². The van der Waals surface area contributed by atoms with Gasteiger partial charge in [-0.2, -0.15) is 13.2 Å². The average Bonchev–Trinajstić information content (AvgIpc) is 2.93. The maximum atomic E-state index is 13.2. The monoisotopic (exact) mass is 367 g/mol. The number of hydrogen-bond acceptors (Lipinski definition) is 2. The Bertz CT molecular complexity index is 921. The highest BCUT2D eigenvalue weighted by Crippen LogP contribution is 2.31. The number of fused-ring (bicyclic) bond motifs is 1. The van der Waals surface area contributed by atoms with Crippen LogP contribution in [0.15, 0.2) is 48.5 Å². The zero-order valence-corrected chi connectivity index (χ0v) is 13.6. The van der Waals surface area contributed by atoms with E-state index in [0.29, 0.717) is 10.6 Å². The summed E-state index contributed by atoms with van der Waals surface area (Å²) >= 11 is 6.00. The highest BCUT2D eigenvalue weighted by Gasteiger charge is 2.37. The van der Waals surface area contributed by atoms with Crippen molar-refractivity contribution in [1.29, 1.82) is 0 Å². The fraction of sp³-hybridized carbons (Fsp3) is 0.176. The largest absolute Gasteiger partial charge is 0.449 e. The summed E-state index contributed by atoms with van der Waals surface area (Å²) in [4.78, 5) is 15.8. The third-order valence-corrected chi connectivity index (χ3v) is 4.01. The number of alkyl halides is 3. The molecule has 2 aromatic carbocycles. The van der Waals surface area contributed by atoms with Gasteiger partial charge in [0.15, 0.2) is 0 Å². The van der Waals surface area contributed by atoms with Crippen molar-refractivity contribution in [3.05, 3.63) is 64.9 Å². The number of nitrogens with one attached hydrogen (secondary N) is 1. The molecule has 0 radical (unpaired) electrons. The van der Waals surface area contributed by atoms with Gasteiger partial charge in [0.2, 0.25) is 11.7 Å². The highest BCUT2D eigenvalue weighted by molar-refractivity contribution is 6.31. The third-order valence-electron chi connectivity index (χ3n) is 3.64. The summed E-state index contributed by atoms with van der Waals surface area (Å²) < 4.78 is 40.5. The van der Waals surface area contributed by atoms with E-state index in [-0.39, 0.29) is 17.6 Å². The number of carbonyl (C=O) groups excluding carboxylic acids is 1. The Balaban J connectivity index is 1.82. The van der Waals surface area contributed by atoms with Gasteiger partial charge >= 0.3 is 6.18 Å². The molecule has 0 bridgehead atoms. The van der Waals surface area contributed by atoms with Crippen LogP contribution in [0.4, 0.5) is 13.2 Å². The first-order chi connectivity index (χ1) is 11.9. The Morgan fingerprint density at radius 1 is 1.12 bits per heavy atom. The molecule has 0 fully saturated rings. The molecule has 4 nitrogen and oxygen atoms in total. The minimum atomic E-state index is -4.65. The molecule has 1 N–H and O–H groups in total. The molecule has 0 saturated heterocycles. The Labute approximate surface area is 146 Å². The van der Waals surface area contributed by atoms with Crippen LogP contribution in [0, 0.1) is 0 Å². The Kier molecular flexibility index (Phi) is 4.67. The summed E-state index contributed by atoms with van der Waals surface area (Å²) in [6, 6.07) is 13.1. The molecule has 0 saturated carbocycles. The van der Waals surface area contributed by atoms with Crippen LogP contribution < -0.4 is 5.32 Å². The minimum absolute atomic E-state index is 0.131.